The SMILES string of the molecule is O=C(OC[C@H]1C[C@]12O[C@H](O)C(O)C2O)c1ccccc1. The molecule has 1 aromatic carbocycles. The number of carbonyl (C=O) groups excluding carboxylic acids is 1. The van der Waals surface area contributed by atoms with Crippen molar-refractivity contribution in [1.29, 1.82) is 0 Å². The van der Waals surface area contributed by atoms with Crippen LogP contribution in [0, 0.1) is 5.92 Å². The molecule has 3 N–H and O–H groups in total. The molecular weight excluding hydrogens is 264 g/mol. The summed E-state index contributed by atoms with van der Waals surface area (Å²) in [4.78, 5) is 11.8. The summed E-state index contributed by atoms with van der Waals surface area (Å²) in [5.41, 5.74) is -0.523. The molecule has 1 aliphatic carbocycles. The topological polar surface area (TPSA) is 96.2 Å². The third-order valence-electron chi connectivity index (χ3n) is 3.98. The molecule has 1 saturated carbocycles. The van der Waals surface area contributed by atoms with Crippen LogP contribution in [0.1, 0.15) is 16.8 Å². The molecule has 1 saturated heterocycles. The molecule has 0 radical (unpaired) electrons. The summed E-state index contributed by atoms with van der Waals surface area (Å²) in [7, 11) is 0. The van der Waals surface area contributed by atoms with E-state index in [0.717, 1.165) is 0 Å². The fourth-order valence-corrected chi connectivity index (χ4v) is 2.68. The lowest BCUT2D eigenvalue weighted by atomic mass is 10.1. The van der Waals surface area contributed by atoms with Gasteiger partial charge in [-0.25, -0.2) is 4.79 Å². The van der Waals surface area contributed by atoms with E-state index in [9.17, 15) is 20.1 Å². The first-order chi connectivity index (χ1) is 9.54. The van der Waals surface area contributed by atoms with Gasteiger partial charge in [-0.1, -0.05) is 18.2 Å². The minimum Gasteiger partial charge on any atom is -0.462 e. The molecule has 6 nitrogen and oxygen atoms in total. The number of rotatable bonds is 3. The summed E-state index contributed by atoms with van der Waals surface area (Å²) in [6.07, 6.45) is -3.41. The van der Waals surface area contributed by atoms with E-state index in [2.05, 4.69) is 0 Å². The first-order valence-corrected chi connectivity index (χ1v) is 6.49. The molecule has 1 aliphatic heterocycles. The monoisotopic (exact) mass is 280 g/mol. The molecule has 5 atom stereocenters. The van der Waals surface area contributed by atoms with Crippen LogP contribution in [0.15, 0.2) is 30.3 Å². The maximum absolute atomic E-state index is 11.8. The molecule has 2 aliphatic rings. The molecule has 2 fully saturated rings. The highest BCUT2D eigenvalue weighted by molar-refractivity contribution is 5.89. The van der Waals surface area contributed by atoms with Crippen molar-refractivity contribution < 1.29 is 29.6 Å². The fraction of sp³-hybridized carbons (Fsp3) is 0.500. The maximum Gasteiger partial charge on any atom is 0.338 e. The normalized spacial score (nSPS) is 39.0. The van der Waals surface area contributed by atoms with Crippen LogP contribution >= 0.6 is 0 Å². The van der Waals surface area contributed by atoms with Crippen molar-refractivity contribution in [3.05, 3.63) is 35.9 Å². The number of hydrogen-bond donors (Lipinski definition) is 3. The van der Waals surface area contributed by atoms with E-state index < -0.39 is 30.1 Å². The minimum atomic E-state index is -1.39. The van der Waals surface area contributed by atoms with Crippen LogP contribution in [0.2, 0.25) is 0 Å². The van der Waals surface area contributed by atoms with Crippen molar-refractivity contribution >= 4 is 5.97 Å². The Bertz CT molecular complexity index is 504. The van der Waals surface area contributed by atoms with Crippen molar-refractivity contribution in [1.82, 2.24) is 0 Å². The van der Waals surface area contributed by atoms with Crippen molar-refractivity contribution in [2.45, 2.75) is 30.5 Å². The number of aliphatic hydroxyl groups excluding tert-OH is 3. The lowest BCUT2D eigenvalue weighted by Gasteiger charge is -2.14. The smallest absolute Gasteiger partial charge is 0.338 e. The average Bonchev–Trinajstić information content (AvgIpc) is 3.12. The Hall–Kier alpha value is -1.47. The van der Waals surface area contributed by atoms with E-state index in [1.807, 2.05) is 0 Å². The van der Waals surface area contributed by atoms with Crippen LogP contribution in [0.3, 0.4) is 0 Å². The Balaban J connectivity index is 1.56. The molecule has 1 heterocycles. The molecule has 3 rings (SSSR count). The van der Waals surface area contributed by atoms with Crippen molar-refractivity contribution in [3.63, 3.8) is 0 Å². The molecule has 6 heteroatoms. The molecule has 0 amide bonds. The van der Waals surface area contributed by atoms with Gasteiger partial charge in [0, 0.05) is 5.92 Å². The van der Waals surface area contributed by atoms with Gasteiger partial charge in [-0.3, -0.25) is 0 Å². The first-order valence-electron chi connectivity index (χ1n) is 6.49. The van der Waals surface area contributed by atoms with Gasteiger partial charge in [0.1, 0.15) is 17.8 Å². The van der Waals surface area contributed by atoms with Gasteiger partial charge in [0.25, 0.3) is 0 Å². The highest BCUT2D eigenvalue weighted by Crippen LogP contribution is 2.54. The van der Waals surface area contributed by atoms with Gasteiger partial charge in [0.2, 0.25) is 0 Å². The van der Waals surface area contributed by atoms with E-state index >= 15 is 0 Å². The maximum atomic E-state index is 11.8. The van der Waals surface area contributed by atoms with E-state index in [-0.39, 0.29) is 12.5 Å². The Morgan fingerprint density at radius 2 is 2.00 bits per heavy atom. The predicted molar refractivity (Wildman–Crippen MR) is 66.7 cm³/mol. The van der Waals surface area contributed by atoms with Gasteiger partial charge in [-0.2, -0.15) is 0 Å². The second kappa shape index (κ2) is 4.82. The third kappa shape index (κ3) is 2.10. The first kappa shape index (κ1) is 13.5. The van der Waals surface area contributed by atoms with Gasteiger partial charge in [0.05, 0.1) is 12.2 Å². The summed E-state index contributed by atoms with van der Waals surface area (Å²) in [5.74, 6) is -0.654. The number of benzene rings is 1. The van der Waals surface area contributed by atoms with Crippen LogP contribution < -0.4 is 0 Å². The molecule has 1 spiro atoms. The van der Waals surface area contributed by atoms with Crippen molar-refractivity contribution in [2.24, 2.45) is 5.92 Å². The zero-order valence-corrected chi connectivity index (χ0v) is 10.7. The molecular formula is C14H16O6. The molecule has 20 heavy (non-hydrogen) atoms. The predicted octanol–water partition coefficient (Wildman–Crippen LogP) is -0.328. The Morgan fingerprint density at radius 3 is 2.60 bits per heavy atom. The molecule has 2 unspecified atom stereocenters. The van der Waals surface area contributed by atoms with Gasteiger partial charge < -0.3 is 24.8 Å². The number of esters is 1. The Kier molecular flexibility index (Phi) is 3.25. The van der Waals surface area contributed by atoms with Gasteiger partial charge >= 0.3 is 5.97 Å². The lowest BCUT2D eigenvalue weighted by molar-refractivity contribution is -0.137. The lowest BCUT2D eigenvalue weighted by Crippen LogP contribution is -2.35. The Labute approximate surface area is 115 Å². The van der Waals surface area contributed by atoms with Gasteiger partial charge in [-0.05, 0) is 18.6 Å². The molecule has 1 aromatic rings. The van der Waals surface area contributed by atoms with Crippen LogP contribution in [-0.2, 0) is 9.47 Å². The highest BCUT2D eigenvalue weighted by Gasteiger charge is 2.68. The van der Waals surface area contributed by atoms with E-state index in [1.165, 1.54) is 0 Å². The van der Waals surface area contributed by atoms with E-state index in [1.54, 1.807) is 30.3 Å². The molecule has 0 aromatic heterocycles. The average molecular weight is 280 g/mol. The number of aliphatic hydroxyl groups is 3. The summed E-state index contributed by atoms with van der Waals surface area (Å²) in [6, 6.07) is 8.59. The summed E-state index contributed by atoms with van der Waals surface area (Å²) < 4.78 is 10.4. The fourth-order valence-electron chi connectivity index (χ4n) is 2.68. The van der Waals surface area contributed by atoms with Crippen molar-refractivity contribution in [3.8, 4) is 0 Å². The number of ether oxygens (including phenoxy) is 2. The Morgan fingerprint density at radius 1 is 1.30 bits per heavy atom. The zero-order valence-electron chi connectivity index (χ0n) is 10.7. The second-order valence-corrected chi connectivity index (χ2v) is 5.26. The van der Waals surface area contributed by atoms with Crippen LogP contribution in [0.25, 0.3) is 0 Å². The summed E-state index contributed by atoms with van der Waals surface area (Å²) >= 11 is 0. The van der Waals surface area contributed by atoms with Crippen molar-refractivity contribution in [2.75, 3.05) is 6.61 Å². The number of hydrogen-bond acceptors (Lipinski definition) is 6. The largest absolute Gasteiger partial charge is 0.462 e. The minimum absolute atomic E-state index is 0.0875. The second-order valence-electron chi connectivity index (χ2n) is 5.26. The number of carbonyl (C=O) groups is 1. The summed E-state index contributed by atoms with van der Waals surface area (Å²) in [6.45, 7) is 0.0875. The van der Waals surface area contributed by atoms with Crippen LogP contribution in [0.4, 0.5) is 0 Å². The van der Waals surface area contributed by atoms with Gasteiger partial charge in [-0.15, -0.1) is 0 Å². The van der Waals surface area contributed by atoms with Crippen LogP contribution in [-0.4, -0.2) is 52.0 Å². The standard InChI is InChI=1S/C14H16O6/c15-10-11(16)14(20-13(10)18)6-9(14)7-19-12(17)8-4-2-1-3-5-8/h1-5,9-11,13,15-16,18H,6-7H2/t9-,10?,11?,13+,14+/m1/s1. The summed E-state index contributed by atoms with van der Waals surface area (Å²) in [5, 5.41) is 28.7. The van der Waals surface area contributed by atoms with Crippen LogP contribution in [0.5, 0.6) is 0 Å². The third-order valence-corrected chi connectivity index (χ3v) is 3.98. The zero-order chi connectivity index (χ0) is 14.3. The molecule has 108 valence electrons. The van der Waals surface area contributed by atoms with E-state index in [4.69, 9.17) is 9.47 Å². The molecule has 0 bridgehead atoms. The quantitative estimate of drug-likeness (QED) is 0.656. The highest BCUT2D eigenvalue weighted by atomic mass is 16.7. The van der Waals surface area contributed by atoms with E-state index in [0.29, 0.717) is 12.0 Å². The van der Waals surface area contributed by atoms with Gasteiger partial charge in [0.15, 0.2) is 6.29 Å².